The van der Waals surface area contributed by atoms with E-state index >= 15 is 0 Å². The van der Waals surface area contributed by atoms with Crippen LogP contribution in [0.15, 0.2) is 71.3 Å². The van der Waals surface area contributed by atoms with Crippen LogP contribution in [0.5, 0.6) is 0 Å². The zero-order chi connectivity index (χ0) is 29.0. The average molecular weight is 572 g/mol. The van der Waals surface area contributed by atoms with Gasteiger partial charge >= 0.3 is 0 Å². The smallest absolute Gasteiger partial charge is 0.258 e. The normalized spacial score (nSPS) is 16.3. The summed E-state index contributed by atoms with van der Waals surface area (Å²) in [4.78, 5) is 7.14. The standard InChI is InChI=1S/C35H42ClN3O2/c1-5-27-8-6-7-9-31(27)22-35(25(4)40)16-18-39(19-17-35)23-26-10-12-28(13-11-26)33-37-34(41-38-33)30-15-14-29(20-24(2)3)32(36)21-30/h6-15,21,24-25,40H,5,16-20,22-23H2,1-4H3. The number of halogens is 1. The molecule has 216 valence electrons. The number of rotatable bonds is 10. The molecule has 0 radical (unpaired) electrons. The third-order valence-corrected chi connectivity index (χ3v) is 9.10. The summed E-state index contributed by atoms with van der Waals surface area (Å²) in [6.07, 6.45) is 4.57. The fraction of sp³-hybridized carbons (Fsp3) is 0.429. The summed E-state index contributed by atoms with van der Waals surface area (Å²) < 4.78 is 5.58. The summed E-state index contributed by atoms with van der Waals surface area (Å²) in [7, 11) is 0. The molecule has 0 saturated carbocycles. The molecule has 1 aliphatic rings. The van der Waals surface area contributed by atoms with Crippen LogP contribution in [-0.4, -0.2) is 39.3 Å². The first kappa shape index (κ1) is 29.5. The second-order valence-electron chi connectivity index (χ2n) is 12.1. The number of hydrogen-bond acceptors (Lipinski definition) is 5. The van der Waals surface area contributed by atoms with E-state index in [1.165, 1.54) is 16.7 Å². The predicted octanol–water partition coefficient (Wildman–Crippen LogP) is 8.02. The summed E-state index contributed by atoms with van der Waals surface area (Å²) in [6, 6.07) is 23.1. The van der Waals surface area contributed by atoms with Crippen LogP contribution in [0.25, 0.3) is 22.8 Å². The molecule has 1 aromatic heterocycles. The van der Waals surface area contributed by atoms with Gasteiger partial charge in [0.1, 0.15) is 0 Å². The summed E-state index contributed by atoms with van der Waals surface area (Å²) in [6.45, 7) is 11.4. The molecule has 0 spiro atoms. The molecule has 1 N–H and O–H groups in total. The van der Waals surface area contributed by atoms with Crippen LogP contribution in [0.2, 0.25) is 5.02 Å². The summed E-state index contributed by atoms with van der Waals surface area (Å²) in [5, 5.41) is 15.8. The van der Waals surface area contributed by atoms with Crippen LogP contribution in [0.4, 0.5) is 0 Å². The molecule has 1 fully saturated rings. The van der Waals surface area contributed by atoms with Gasteiger partial charge in [-0.15, -0.1) is 0 Å². The van der Waals surface area contributed by atoms with Gasteiger partial charge in [0.15, 0.2) is 0 Å². The van der Waals surface area contributed by atoms with Gasteiger partial charge in [-0.2, -0.15) is 4.98 Å². The van der Waals surface area contributed by atoms with E-state index in [1.807, 2.05) is 25.1 Å². The van der Waals surface area contributed by atoms with Crippen molar-refractivity contribution >= 4 is 11.6 Å². The fourth-order valence-corrected chi connectivity index (χ4v) is 6.37. The number of aryl methyl sites for hydroxylation is 1. The van der Waals surface area contributed by atoms with E-state index in [0.29, 0.717) is 17.6 Å². The quantitative estimate of drug-likeness (QED) is 0.209. The first-order valence-corrected chi connectivity index (χ1v) is 15.3. The lowest BCUT2D eigenvalue weighted by molar-refractivity contribution is -0.0152. The molecule has 1 unspecified atom stereocenters. The molecule has 1 saturated heterocycles. The van der Waals surface area contributed by atoms with E-state index in [0.717, 1.165) is 73.5 Å². The Bertz CT molecular complexity index is 1440. The average Bonchev–Trinajstić information content (AvgIpc) is 3.46. The van der Waals surface area contributed by atoms with E-state index in [-0.39, 0.29) is 11.5 Å². The first-order chi connectivity index (χ1) is 19.8. The first-order valence-electron chi connectivity index (χ1n) is 15.0. The van der Waals surface area contributed by atoms with Crippen molar-refractivity contribution in [1.82, 2.24) is 15.0 Å². The lowest BCUT2D eigenvalue weighted by Gasteiger charge is -2.44. The number of hydrogen-bond donors (Lipinski definition) is 1. The molecule has 2 heterocycles. The molecule has 5 nitrogen and oxygen atoms in total. The highest BCUT2D eigenvalue weighted by atomic mass is 35.5. The van der Waals surface area contributed by atoms with Crippen LogP contribution in [0.3, 0.4) is 0 Å². The van der Waals surface area contributed by atoms with Crippen LogP contribution < -0.4 is 0 Å². The molecule has 0 bridgehead atoms. The van der Waals surface area contributed by atoms with Crippen LogP contribution in [0, 0.1) is 11.3 Å². The highest BCUT2D eigenvalue weighted by Gasteiger charge is 2.39. The second kappa shape index (κ2) is 12.9. The van der Waals surface area contributed by atoms with Crippen molar-refractivity contribution in [2.45, 2.75) is 72.4 Å². The van der Waals surface area contributed by atoms with Gasteiger partial charge in [0.05, 0.1) is 6.10 Å². The van der Waals surface area contributed by atoms with E-state index in [2.05, 4.69) is 84.3 Å². The molecule has 1 atom stereocenters. The SMILES string of the molecule is CCc1ccccc1CC1(C(C)O)CCN(Cc2ccc(-c3noc(-c4ccc(CC(C)C)c(Cl)c4)n3)cc2)CC1. The van der Waals surface area contributed by atoms with Gasteiger partial charge in [-0.3, -0.25) is 4.90 Å². The minimum Gasteiger partial charge on any atom is -0.393 e. The van der Waals surface area contributed by atoms with E-state index in [1.54, 1.807) is 0 Å². The fourth-order valence-electron chi connectivity index (χ4n) is 6.11. The Kier molecular flexibility index (Phi) is 9.28. The molecule has 0 aliphatic carbocycles. The van der Waals surface area contributed by atoms with Crippen molar-refractivity contribution in [1.29, 1.82) is 0 Å². The molecule has 3 aromatic carbocycles. The van der Waals surface area contributed by atoms with Crippen molar-refractivity contribution < 1.29 is 9.63 Å². The Balaban J connectivity index is 1.20. The minimum absolute atomic E-state index is 0.0685. The van der Waals surface area contributed by atoms with Crippen molar-refractivity contribution in [3.05, 3.63) is 94.0 Å². The molecular formula is C35H42ClN3O2. The van der Waals surface area contributed by atoms with Gasteiger partial charge in [0.25, 0.3) is 5.89 Å². The van der Waals surface area contributed by atoms with Gasteiger partial charge in [-0.25, -0.2) is 0 Å². The van der Waals surface area contributed by atoms with Crippen LogP contribution >= 0.6 is 11.6 Å². The van der Waals surface area contributed by atoms with E-state index in [4.69, 9.17) is 16.1 Å². The molecule has 41 heavy (non-hydrogen) atoms. The number of benzene rings is 3. The Hall–Kier alpha value is -2.99. The summed E-state index contributed by atoms with van der Waals surface area (Å²) in [5.41, 5.74) is 6.85. The van der Waals surface area contributed by atoms with Crippen molar-refractivity contribution in [3.63, 3.8) is 0 Å². The Morgan fingerprint density at radius 2 is 1.61 bits per heavy atom. The number of aromatic nitrogens is 2. The Morgan fingerprint density at radius 3 is 2.24 bits per heavy atom. The van der Waals surface area contributed by atoms with Crippen LogP contribution in [0.1, 0.15) is 62.8 Å². The summed E-state index contributed by atoms with van der Waals surface area (Å²) in [5.74, 6) is 1.58. The summed E-state index contributed by atoms with van der Waals surface area (Å²) >= 11 is 6.52. The van der Waals surface area contributed by atoms with Crippen molar-refractivity contribution in [3.8, 4) is 22.8 Å². The highest BCUT2D eigenvalue weighted by molar-refractivity contribution is 6.31. The predicted molar refractivity (Wildman–Crippen MR) is 167 cm³/mol. The molecule has 0 amide bonds. The number of aliphatic hydroxyl groups excluding tert-OH is 1. The second-order valence-corrected chi connectivity index (χ2v) is 12.5. The number of piperidine rings is 1. The van der Waals surface area contributed by atoms with Crippen molar-refractivity contribution in [2.75, 3.05) is 13.1 Å². The topological polar surface area (TPSA) is 62.4 Å². The zero-order valence-electron chi connectivity index (χ0n) is 24.7. The van der Waals surface area contributed by atoms with Crippen LogP contribution in [-0.2, 0) is 25.8 Å². The van der Waals surface area contributed by atoms with Gasteiger partial charge < -0.3 is 9.63 Å². The maximum atomic E-state index is 10.9. The van der Waals surface area contributed by atoms with Crippen molar-refractivity contribution in [2.24, 2.45) is 11.3 Å². The number of likely N-dealkylation sites (tertiary alicyclic amines) is 1. The zero-order valence-corrected chi connectivity index (χ0v) is 25.5. The lowest BCUT2D eigenvalue weighted by atomic mass is 9.69. The number of nitrogens with zero attached hydrogens (tertiary/aromatic N) is 3. The minimum atomic E-state index is -0.331. The third-order valence-electron chi connectivity index (χ3n) is 8.75. The Labute approximate surface area is 249 Å². The third kappa shape index (κ3) is 6.91. The van der Waals surface area contributed by atoms with E-state index < -0.39 is 0 Å². The van der Waals surface area contributed by atoms with Gasteiger partial charge in [-0.05, 0) is 92.4 Å². The van der Waals surface area contributed by atoms with Gasteiger partial charge in [0, 0.05) is 28.1 Å². The maximum absolute atomic E-state index is 10.9. The maximum Gasteiger partial charge on any atom is 0.258 e. The number of aliphatic hydroxyl groups is 1. The van der Waals surface area contributed by atoms with Gasteiger partial charge in [0.2, 0.25) is 5.82 Å². The lowest BCUT2D eigenvalue weighted by Crippen LogP contribution is -2.46. The molecule has 4 aromatic rings. The molecule has 1 aliphatic heterocycles. The largest absolute Gasteiger partial charge is 0.393 e. The molecular weight excluding hydrogens is 530 g/mol. The monoisotopic (exact) mass is 571 g/mol. The highest BCUT2D eigenvalue weighted by Crippen LogP contribution is 2.39. The van der Waals surface area contributed by atoms with E-state index in [9.17, 15) is 5.11 Å². The molecule has 5 rings (SSSR count). The van der Waals surface area contributed by atoms with Gasteiger partial charge in [-0.1, -0.05) is 92.1 Å². The Morgan fingerprint density at radius 1 is 0.927 bits per heavy atom. The molecule has 6 heteroatoms.